The summed E-state index contributed by atoms with van der Waals surface area (Å²) in [5.74, 6) is 0. The van der Waals surface area contributed by atoms with Gasteiger partial charge in [0.15, 0.2) is 0 Å². The van der Waals surface area contributed by atoms with Gasteiger partial charge in [0.25, 0.3) is 0 Å². The average Bonchev–Trinajstić information content (AvgIpc) is 2.47. The topological polar surface area (TPSA) is 12.0 Å². The van der Waals surface area contributed by atoms with Gasteiger partial charge in [0, 0.05) is 3.57 Å². The average molecular weight is 379 g/mol. The number of aryl methyl sites for hydroxylation is 1. The monoisotopic (exact) mass is 379 g/mol. The van der Waals surface area contributed by atoms with Gasteiger partial charge in [0.1, 0.15) is 0 Å². The molecule has 0 saturated heterocycles. The second kappa shape index (κ2) is 7.79. The Morgan fingerprint density at radius 3 is 1.95 bits per heavy atom. The molecule has 0 fully saturated rings. The quantitative estimate of drug-likeness (QED) is 0.701. The van der Waals surface area contributed by atoms with E-state index in [1.54, 1.807) is 0 Å². The van der Waals surface area contributed by atoms with Crippen molar-refractivity contribution in [1.82, 2.24) is 5.32 Å². The smallest absolute Gasteiger partial charge is 0.0576 e. The second-order valence-electron chi connectivity index (χ2n) is 5.03. The maximum absolute atomic E-state index is 3.58. The van der Waals surface area contributed by atoms with Gasteiger partial charge < -0.3 is 5.32 Å². The van der Waals surface area contributed by atoms with Gasteiger partial charge in [-0.2, -0.15) is 0 Å². The summed E-state index contributed by atoms with van der Waals surface area (Å²) in [5.41, 5.74) is 4.09. The van der Waals surface area contributed by atoms with Gasteiger partial charge in [-0.25, -0.2) is 0 Å². The molecular formula is C18H22IN. The van der Waals surface area contributed by atoms with E-state index in [2.05, 4.69) is 90.3 Å². The second-order valence-corrected chi connectivity index (χ2v) is 6.28. The van der Waals surface area contributed by atoms with Crippen LogP contribution in [0.3, 0.4) is 0 Å². The lowest BCUT2D eigenvalue weighted by molar-refractivity contribution is 0.630. The van der Waals surface area contributed by atoms with Crippen LogP contribution < -0.4 is 5.32 Å². The minimum atomic E-state index is 0.285. The molecule has 1 unspecified atom stereocenters. The molecule has 2 heteroatoms. The zero-order chi connectivity index (χ0) is 14.4. The van der Waals surface area contributed by atoms with Crippen molar-refractivity contribution < 1.29 is 0 Å². The summed E-state index contributed by atoms with van der Waals surface area (Å²) in [7, 11) is 0. The molecule has 106 valence electrons. The van der Waals surface area contributed by atoms with E-state index >= 15 is 0 Å². The maximum atomic E-state index is 3.58. The maximum Gasteiger partial charge on any atom is 0.0576 e. The third-order valence-electron chi connectivity index (χ3n) is 3.46. The van der Waals surface area contributed by atoms with Crippen LogP contribution in [-0.2, 0) is 6.42 Å². The van der Waals surface area contributed by atoms with Crippen LogP contribution in [0.15, 0.2) is 48.5 Å². The molecule has 20 heavy (non-hydrogen) atoms. The fourth-order valence-electron chi connectivity index (χ4n) is 2.45. The Morgan fingerprint density at radius 1 is 0.900 bits per heavy atom. The molecule has 0 bridgehead atoms. The summed E-state index contributed by atoms with van der Waals surface area (Å²) in [4.78, 5) is 0. The van der Waals surface area contributed by atoms with Crippen molar-refractivity contribution in [3.05, 3.63) is 68.8 Å². The van der Waals surface area contributed by atoms with Gasteiger partial charge in [-0.3, -0.25) is 0 Å². The van der Waals surface area contributed by atoms with Crippen LogP contribution >= 0.6 is 22.6 Å². The normalized spacial score (nSPS) is 12.3. The van der Waals surface area contributed by atoms with E-state index in [1.807, 2.05) is 0 Å². The van der Waals surface area contributed by atoms with Crippen LogP contribution in [0.5, 0.6) is 0 Å². The van der Waals surface area contributed by atoms with E-state index in [0.717, 1.165) is 13.0 Å². The molecule has 0 aromatic heterocycles. The van der Waals surface area contributed by atoms with Crippen LogP contribution in [-0.4, -0.2) is 6.54 Å². The molecular weight excluding hydrogens is 357 g/mol. The largest absolute Gasteiger partial charge is 0.307 e. The first kappa shape index (κ1) is 15.5. The molecule has 1 atom stereocenters. The summed E-state index contributed by atoms with van der Waals surface area (Å²) >= 11 is 2.35. The van der Waals surface area contributed by atoms with E-state index in [9.17, 15) is 0 Å². The van der Waals surface area contributed by atoms with Crippen LogP contribution in [0.25, 0.3) is 0 Å². The van der Waals surface area contributed by atoms with Crippen LogP contribution in [0, 0.1) is 3.57 Å². The molecule has 0 aliphatic heterocycles. The Kier molecular flexibility index (Phi) is 6.05. The predicted octanol–water partition coefficient (Wildman–Crippen LogP) is 4.94. The highest BCUT2D eigenvalue weighted by Gasteiger charge is 2.12. The molecule has 1 nitrogen and oxygen atoms in total. The van der Waals surface area contributed by atoms with Crippen LogP contribution in [0.2, 0.25) is 0 Å². The lowest BCUT2D eigenvalue weighted by Crippen LogP contribution is -2.21. The number of rotatable bonds is 6. The molecule has 0 radical (unpaired) electrons. The first-order valence-electron chi connectivity index (χ1n) is 7.32. The summed E-state index contributed by atoms with van der Waals surface area (Å²) in [6, 6.07) is 18.1. The van der Waals surface area contributed by atoms with E-state index in [4.69, 9.17) is 0 Å². The van der Waals surface area contributed by atoms with Crippen molar-refractivity contribution >= 4 is 22.6 Å². The molecule has 2 rings (SSSR count). The van der Waals surface area contributed by atoms with Gasteiger partial charge >= 0.3 is 0 Å². The molecule has 0 spiro atoms. The third-order valence-corrected chi connectivity index (χ3v) is 4.18. The van der Waals surface area contributed by atoms with Crippen LogP contribution in [0.4, 0.5) is 0 Å². The summed E-state index contributed by atoms with van der Waals surface area (Å²) in [5, 5.41) is 3.58. The van der Waals surface area contributed by atoms with Crippen molar-refractivity contribution in [3.63, 3.8) is 0 Å². The Hall–Kier alpha value is -0.870. The zero-order valence-corrected chi connectivity index (χ0v) is 14.4. The van der Waals surface area contributed by atoms with E-state index in [1.165, 1.54) is 26.7 Å². The first-order chi connectivity index (χ1) is 9.74. The number of hydrogen-bond acceptors (Lipinski definition) is 1. The summed E-state index contributed by atoms with van der Waals surface area (Å²) in [6.45, 7) is 5.35. The summed E-state index contributed by atoms with van der Waals surface area (Å²) in [6.07, 6.45) is 2.36. The Labute approximate surface area is 135 Å². The van der Waals surface area contributed by atoms with Crippen molar-refractivity contribution in [3.8, 4) is 0 Å². The number of benzene rings is 2. The molecule has 1 N–H and O–H groups in total. The minimum Gasteiger partial charge on any atom is -0.307 e. The fraction of sp³-hybridized carbons (Fsp3) is 0.333. The highest BCUT2D eigenvalue weighted by atomic mass is 127. The predicted molar refractivity (Wildman–Crippen MR) is 95.1 cm³/mol. The van der Waals surface area contributed by atoms with Gasteiger partial charge in [-0.05, 0) is 64.4 Å². The standard InChI is InChI=1S/C18H22IN/c1-3-5-14-6-8-15(9-7-14)18(20-4-2)16-10-12-17(19)13-11-16/h6-13,18,20H,3-5H2,1-2H3. The van der Waals surface area contributed by atoms with E-state index < -0.39 is 0 Å². The SMILES string of the molecule is CCCc1ccc(C(NCC)c2ccc(I)cc2)cc1. The van der Waals surface area contributed by atoms with Crippen molar-refractivity contribution in [2.75, 3.05) is 6.54 Å². The summed E-state index contributed by atoms with van der Waals surface area (Å²) < 4.78 is 1.28. The van der Waals surface area contributed by atoms with Crippen molar-refractivity contribution in [2.45, 2.75) is 32.7 Å². The lowest BCUT2D eigenvalue weighted by Gasteiger charge is -2.19. The number of hydrogen-bond donors (Lipinski definition) is 1. The Bertz CT molecular complexity index is 516. The lowest BCUT2D eigenvalue weighted by atomic mass is 9.97. The number of nitrogens with one attached hydrogen (secondary N) is 1. The third kappa shape index (κ3) is 4.06. The first-order valence-corrected chi connectivity index (χ1v) is 8.40. The molecule has 0 aliphatic rings. The van der Waals surface area contributed by atoms with E-state index in [0.29, 0.717) is 0 Å². The molecule has 0 aliphatic carbocycles. The molecule has 0 saturated carbocycles. The van der Waals surface area contributed by atoms with Gasteiger partial charge in [-0.1, -0.05) is 56.7 Å². The number of halogens is 1. The molecule has 0 heterocycles. The highest BCUT2D eigenvalue weighted by Crippen LogP contribution is 2.23. The highest BCUT2D eigenvalue weighted by molar-refractivity contribution is 14.1. The van der Waals surface area contributed by atoms with Gasteiger partial charge in [-0.15, -0.1) is 0 Å². The molecule has 0 amide bonds. The van der Waals surface area contributed by atoms with Crippen molar-refractivity contribution in [2.24, 2.45) is 0 Å². The van der Waals surface area contributed by atoms with Crippen molar-refractivity contribution in [1.29, 1.82) is 0 Å². The van der Waals surface area contributed by atoms with Gasteiger partial charge in [0.2, 0.25) is 0 Å². The molecule has 2 aromatic rings. The Balaban J connectivity index is 2.25. The Morgan fingerprint density at radius 2 is 1.45 bits per heavy atom. The zero-order valence-electron chi connectivity index (χ0n) is 12.2. The van der Waals surface area contributed by atoms with Gasteiger partial charge in [0.05, 0.1) is 6.04 Å². The van der Waals surface area contributed by atoms with E-state index in [-0.39, 0.29) is 6.04 Å². The molecule has 2 aromatic carbocycles. The fourth-order valence-corrected chi connectivity index (χ4v) is 2.81. The minimum absolute atomic E-state index is 0.285. The van der Waals surface area contributed by atoms with Crippen LogP contribution in [0.1, 0.15) is 43.0 Å².